The van der Waals surface area contributed by atoms with Gasteiger partial charge in [-0.15, -0.1) is 0 Å². The van der Waals surface area contributed by atoms with Crippen LogP contribution in [0.25, 0.3) is 0 Å². The summed E-state index contributed by atoms with van der Waals surface area (Å²) in [6.45, 7) is 10.2. The monoisotopic (exact) mass is 295 g/mol. The number of carbonyl (C=O) groups excluding carboxylic acids is 1. The van der Waals surface area contributed by atoms with Gasteiger partial charge in [-0.25, -0.2) is 4.79 Å². The van der Waals surface area contributed by atoms with E-state index in [1.807, 2.05) is 33.8 Å². The molecular weight excluding hydrogens is 270 g/mol. The molecule has 1 aromatic rings. The van der Waals surface area contributed by atoms with Crippen molar-refractivity contribution in [1.82, 2.24) is 15.4 Å². The second kappa shape index (κ2) is 6.47. The van der Waals surface area contributed by atoms with Crippen LogP contribution in [0.3, 0.4) is 0 Å². The minimum Gasteiger partial charge on any atom is -0.444 e. The quantitative estimate of drug-likeness (QED) is 0.928. The van der Waals surface area contributed by atoms with Crippen LogP contribution in [-0.2, 0) is 11.3 Å². The second-order valence-electron chi connectivity index (χ2n) is 6.63. The van der Waals surface area contributed by atoms with Crippen LogP contribution in [0.5, 0.6) is 0 Å². The summed E-state index contributed by atoms with van der Waals surface area (Å²) in [7, 11) is 0. The zero-order chi connectivity index (χ0) is 15.5. The zero-order valence-corrected chi connectivity index (χ0v) is 13.3. The maximum Gasteiger partial charge on any atom is 0.407 e. The van der Waals surface area contributed by atoms with Gasteiger partial charge >= 0.3 is 6.09 Å². The number of ether oxygens (including phenoxy) is 1. The number of aryl methyl sites for hydroxylation is 1. The minimum absolute atomic E-state index is 0.188. The number of amides is 1. The first-order chi connectivity index (χ1) is 9.82. The van der Waals surface area contributed by atoms with Crippen molar-refractivity contribution in [2.75, 3.05) is 13.1 Å². The molecule has 0 aliphatic carbocycles. The molecule has 0 aromatic carbocycles. The Morgan fingerprint density at radius 1 is 1.48 bits per heavy atom. The Labute approximate surface area is 125 Å². The van der Waals surface area contributed by atoms with E-state index in [0.717, 1.165) is 43.9 Å². The number of alkyl carbamates (subject to hydrolysis) is 1. The normalized spacial score (nSPS) is 17.7. The number of rotatable bonds is 3. The molecule has 6 nitrogen and oxygen atoms in total. The summed E-state index contributed by atoms with van der Waals surface area (Å²) >= 11 is 0. The SMILES string of the molecule is Cc1cc(CN2CCC(NC(=O)OC(C)(C)C)CC2)on1. The molecule has 0 unspecified atom stereocenters. The number of aromatic nitrogens is 1. The molecule has 1 N–H and O–H groups in total. The van der Waals surface area contributed by atoms with E-state index >= 15 is 0 Å². The second-order valence-corrected chi connectivity index (χ2v) is 6.63. The molecule has 2 heterocycles. The van der Waals surface area contributed by atoms with Crippen LogP contribution in [0.4, 0.5) is 4.79 Å². The average molecular weight is 295 g/mol. The first kappa shape index (κ1) is 15.8. The molecule has 0 saturated carbocycles. The lowest BCUT2D eigenvalue weighted by Gasteiger charge is -2.32. The number of nitrogens with one attached hydrogen (secondary N) is 1. The van der Waals surface area contributed by atoms with E-state index in [1.165, 1.54) is 0 Å². The molecule has 0 bridgehead atoms. The number of carbonyl (C=O) groups is 1. The van der Waals surface area contributed by atoms with Gasteiger partial charge in [0, 0.05) is 25.2 Å². The fourth-order valence-electron chi connectivity index (χ4n) is 2.42. The maximum atomic E-state index is 11.7. The maximum absolute atomic E-state index is 11.7. The zero-order valence-electron chi connectivity index (χ0n) is 13.3. The summed E-state index contributed by atoms with van der Waals surface area (Å²) in [5.41, 5.74) is 0.459. The molecule has 1 aliphatic heterocycles. The highest BCUT2D eigenvalue weighted by atomic mass is 16.6. The highest BCUT2D eigenvalue weighted by Crippen LogP contribution is 2.15. The molecule has 6 heteroatoms. The summed E-state index contributed by atoms with van der Waals surface area (Å²) in [4.78, 5) is 14.0. The van der Waals surface area contributed by atoms with E-state index in [4.69, 9.17) is 9.26 Å². The molecule has 1 saturated heterocycles. The predicted octanol–water partition coefficient (Wildman–Crippen LogP) is 2.47. The van der Waals surface area contributed by atoms with Gasteiger partial charge in [0.05, 0.1) is 12.2 Å². The van der Waals surface area contributed by atoms with Crippen molar-refractivity contribution in [2.24, 2.45) is 0 Å². The minimum atomic E-state index is -0.449. The highest BCUT2D eigenvalue weighted by Gasteiger charge is 2.24. The summed E-state index contributed by atoms with van der Waals surface area (Å²) in [5.74, 6) is 0.894. The van der Waals surface area contributed by atoms with Crippen LogP contribution < -0.4 is 5.32 Å². The number of likely N-dealkylation sites (tertiary alicyclic amines) is 1. The van der Waals surface area contributed by atoms with Crippen molar-refractivity contribution in [3.8, 4) is 0 Å². The third-order valence-electron chi connectivity index (χ3n) is 3.36. The van der Waals surface area contributed by atoms with Crippen LogP contribution in [0, 0.1) is 6.92 Å². The fourth-order valence-corrected chi connectivity index (χ4v) is 2.42. The molecule has 0 atom stereocenters. The van der Waals surface area contributed by atoms with Crippen molar-refractivity contribution in [3.63, 3.8) is 0 Å². The molecule has 118 valence electrons. The van der Waals surface area contributed by atoms with Gasteiger partial charge in [-0.05, 0) is 40.5 Å². The lowest BCUT2D eigenvalue weighted by atomic mass is 10.1. The van der Waals surface area contributed by atoms with Crippen LogP contribution >= 0.6 is 0 Å². The summed E-state index contributed by atoms with van der Waals surface area (Å²) in [5, 5.41) is 6.84. The van der Waals surface area contributed by atoms with Gasteiger partial charge < -0.3 is 14.6 Å². The standard InChI is InChI=1S/C15H25N3O3/c1-11-9-13(21-17-11)10-18-7-5-12(6-8-18)16-14(19)20-15(2,3)4/h9,12H,5-8,10H2,1-4H3,(H,16,19). The van der Waals surface area contributed by atoms with E-state index in [0.29, 0.717) is 0 Å². The van der Waals surface area contributed by atoms with Crippen molar-refractivity contribution in [1.29, 1.82) is 0 Å². The molecule has 0 radical (unpaired) electrons. The van der Waals surface area contributed by atoms with Gasteiger partial charge in [0.25, 0.3) is 0 Å². The number of hydrogen-bond donors (Lipinski definition) is 1. The first-order valence-corrected chi connectivity index (χ1v) is 7.46. The van der Waals surface area contributed by atoms with Gasteiger partial charge in [-0.2, -0.15) is 0 Å². The van der Waals surface area contributed by atoms with Gasteiger partial charge in [0.15, 0.2) is 5.76 Å². The topological polar surface area (TPSA) is 67.6 Å². The molecule has 0 spiro atoms. The first-order valence-electron chi connectivity index (χ1n) is 7.46. The predicted molar refractivity (Wildman–Crippen MR) is 78.9 cm³/mol. The van der Waals surface area contributed by atoms with E-state index in [2.05, 4.69) is 15.4 Å². The lowest BCUT2D eigenvalue weighted by molar-refractivity contribution is 0.0475. The Hall–Kier alpha value is -1.56. The van der Waals surface area contributed by atoms with Gasteiger partial charge in [0.1, 0.15) is 5.60 Å². The summed E-state index contributed by atoms with van der Waals surface area (Å²) in [6.07, 6.45) is 1.52. The summed E-state index contributed by atoms with van der Waals surface area (Å²) < 4.78 is 10.5. The van der Waals surface area contributed by atoms with Crippen LogP contribution in [0.1, 0.15) is 45.1 Å². The van der Waals surface area contributed by atoms with Crippen molar-refractivity contribution >= 4 is 6.09 Å². The summed E-state index contributed by atoms with van der Waals surface area (Å²) in [6, 6.07) is 2.15. The van der Waals surface area contributed by atoms with Crippen molar-refractivity contribution < 1.29 is 14.1 Å². The van der Waals surface area contributed by atoms with E-state index in [1.54, 1.807) is 0 Å². The van der Waals surface area contributed by atoms with Crippen molar-refractivity contribution in [3.05, 3.63) is 17.5 Å². The molecule has 2 rings (SSSR count). The Morgan fingerprint density at radius 2 is 2.14 bits per heavy atom. The van der Waals surface area contributed by atoms with E-state index < -0.39 is 5.60 Å². The van der Waals surface area contributed by atoms with Gasteiger partial charge in [-0.3, -0.25) is 4.90 Å². The van der Waals surface area contributed by atoms with E-state index in [-0.39, 0.29) is 12.1 Å². The van der Waals surface area contributed by atoms with Crippen LogP contribution in [0.2, 0.25) is 0 Å². The number of piperidine rings is 1. The molecule has 1 aromatic heterocycles. The Kier molecular flexibility index (Phi) is 4.88. The van der Waals surface area contributed by atoms with E-state index in [9.17, 15) is 4.79 Å². The third-order valence-corrected chi connectivity index (χ3v) is 3.36. The average Bonchev–Trinajstić information content (AvgIpc) is 2.75. The number of hydrogen-bond acceptors (Lipinski definition) is 5. The molecule has 21 heavy (non-hydrogen) atoms. The highest BCUT2D eigenvalue weighted by molar-refractivity contribution is 5.68. The Morgan fingerprint density at radius 3 is 2.67 bits per heavy atom. The smallest absolute Gasteiger partial charge is 0.407 e. The Bertz CT molecular complexity index is 471. The van der Waals surface area contributed by atoms with Crippen LogP contribution in [0.15, 0.2) is 10.6 Å². The van der Waals surface area contributed by atoms with Gasteiger partial charge in [-0.1, -0.05) is 5.16 Å². The van der Waals surface area contributed by atoms with Crippen LogP contribution in [-0.4, -0.2) is 40.9 Å². The largest absolute Gasteiger partial charge is 0.444 e. The lowest BCUT2D eigenvalue weighted by Crippen LogP contribution is -2.45. The Balaban J connectivity index is 1.72. The molecular formula is C15H25N3O3. The fraction of sp³-hybridized carbons (Fsp3) is 0.733. The molecule has 1 amide bonds. The molecule has 1 aliphatic rings. The van der Waals surface area contributed by atoms with Crippen molar-refractivity contribution in [2.45, 2.75) is 58.7 Å². The molecule has 1 fully saturated rings. The number of nitrogens with zero attached hydrogens (tertiary/aromatic N) is 2. The van der Waals surface area contributed by atoms with Gasteiger partial charge in [0.2, 0.25) is 0 Å². The third kappa shape index (κ3) is 5.38.